The minimum Gasteiger partial charge on any atom is -0.497 e. The maximum Gasteiger partial charge on any atom is 0.261 e. The van der Waals surface area contributed by atoms with Gasteiger partial charge in [-0.15, -0.1) is 0 Å². The maximum atomic E-state index is 12.6. The number of anilines is 1. The van der Waals surface area contributed by atoms with E-state index in [0.29, 0.717) is 39.8 Å². The molecule has 4 aromatic rings. The van der Waals surface area contributed by atoms with Crippen LogP contribution in [0, 0.1) is 11.3 Å². The number of benzene rings is 3. The topological polar surface area (TPSA) is 118 Å². The van der Waals surface area contributed by atoms with Gasteiger partial charge in [-0.25, -0.2) is 8.42 Å². The van der Waals surface area contributed by atoms with Crippen molar-refractivity contribution in [3.63, 3.8) is 0 Å². The molecule has 0 fully saturated rings. The quantitative estimate of drug-likeness (QED) is 0.487. The summed E-state index contributed by atoms with van der Waals surface area (Å²) in [4.78, 5) is 4.49. The molecule has 3 aromatic carbocycles. The van der Waals surface area contributed by atoms with Gasteiger partial charge < -0.3 is 9.26 Å². The molecule has 0 unspecified atom stereocenters. The van der Waals surface area contributed by atoms with Gasteiger partial charge in [0.2, 0.25) is 5.82 Å². The highest BCUT2D eigenvalue weighted by molar-refractivity contribution is 7.92. The second-order valence-electron chi connectivity index (χ2n) is 6.47. The van der Waals surface area contributed by atoms with Crippen LogP contribution in [-0.4, -0.2) is 25.7 Å². The minimum absolute atomic E-state index is 0.127. The summed E-state index contributed by atoms with van der Waals surface area (Å²) in [6, 6.07) is 21.6. The molecule has 9 heteroatoms. The Kier molecular flexibility index (Phi) is 5.39. The molecule has 0 saturated carbocycles. The molecule has 1 aromatic heterocycles. The monoisotopic (exact) mass is 432 g/mol. The van der Waals surface area contributed by atoms with E-state index in [-0.39, 0.29) is 4.90 Å². The number of hydrogen-bond acceptors (Lipinski definition) is 7. The first kappa shape index (κ1) is 20.1. The molecule has 0 amide bonds. The van der Waals surface area contributed by atoms with Gasteiger partial charge in [0.15, 0.2) is 0 Å². The summed E-state index contributed by atoms with van der Waals surface area (Å²) in [5.41, 5.74) is 2.30. The van der Waals surface area contributed by atoms with Gasteiger partial charge in [0.05, 0.1) is 23.6 Å². The van der Waals surface area contributed by atoms with Crippen LogP contribution in [0.3, 0.4) is 0 Å². The van der Waals surface area contributed by atoms with Crippen molar-refractivity contribution in [2.45, 2.75) is 4.90 Å². The first-order valence-corrected chi connectivity index (χ1v) is 10.6. The highest BCUT2D eigenvalue weighted by Gasteiger charge is 2.15. The number of ether oxygens (including phenoxy) is 1. The van der Waals surface area contributed by atoms with Crippen LogP contribution in [0.15, 0.2) is 82.2 Å². The van der Waals surface area contributed by atoms with Crippen LogP contribution in [0.4, 0.5) is 5.69 Å². The Morgan fingerprint density at radius 2 is 1.58 bits per heavy atom. The zero-order valence-electron chi connectivity index (χ0n) is 16.3. The minimum atomic E-state index is -3.73. The molecular weight excluding hydrogens is 416 g/mol. The van der Waals surface area contributed by atoms with Gasteiger partial charge in [0.1, 0.15) is 5.75 Å². The highest BCUT2D eigenvalue weighted by Crippen LogP contribution is 2.25. The number of sulfonamides is 1. The third-order valence-corrected chi connectivity index (χ3v) is 5.85. The van der Waals surface area contributed by atoms with Crippen molar-refractivity contribution >= 4 is 15.7 Å². The molecule has 1 heterocycles. The molecule has 4 rings (SSSR count). The van der Waals surface area contributed by atoms with Crippen molar-refractivity contribution in [2.75, 3.05) is 11.8 Å². The van der Waals surface area contributed by atoms with E-state index in [4.69, 9.17) is 14.5 Å². The van der Waals surface area contributed by atoms with E-state index in [0.717, 1.165) is 0 Å². The average Bonchev–Trinajstić information content (AvgIpc) is 3.30. The number of aromatic nitrogens is 2. The van der Waals surface area contributed by atoms with Crippen LogP contribution in [0.1, 0.15) is 5.56 Å². The Morgan fingerprint density at radius 3 is 2.19 bits per heavy atom. The van der Waals surface area contributed by atoms with Gasteiger partial charge in [-0.1, -0.05) is 5.16 Å². The first-order valence-electron chi connectivity index (χ1n) is 9.10. The van der Waals surface area contributed by atoms with Gasteiger partial charge in [-0.3, -0.25) is 4.72 Å². The second-order valence-corrected chi connectivity index (χ2v) is 8.15. The lowest BCUT2D eigenvalue weighted by Crippen LogP contribution is -2.12. The number of nitrogens with zero attached hydrogens (tertiary/aromatic N) is 3. The van der Waals surface area contributed by atoms with Crippen LogP contribution < -0.4 is 9.46 Å². The highest BCUT2D eigenvalue weighted by atomic mass is 32.2. The van der Waals surface area contributed by atoms with Crippen molar-refractivity contribution in [1.82, 2.24) is 10.1 Å². The van der Waals surface area contributed by atoms with Crippen molar-refractivity contribution < 1.29 is 17.7 Å². The largest absolute Gasteiger partial charge is 0.497 e. The fourth-order valence-electron chi connectivity index (χ4n) is 2.80. The van der Waals surface area contributed by atoms with Gasteiger partial charge in [-0.2, -0.15) is 10.2 Å². The molecular formula is C22H16N4O4S. The lowest BCUT2D eigenvalue weighted by molar-refractivity contribution is 0.414. The Bertz CT molecular complexity index is 1340. The van der Waals surface area contributed by atoms with Crippen molar-refractivity contribution in [2.24, 2.45) is 0 Å². The van der Waals surface area contributed by atoms with Gasteiger partial charge in [0, 0.05) is 16.8 Å². The Balaban J connectivity index is 1.50. The molecule has 0 spiro atoms. The molecule has 0 bridgehead atoms. The van der Waals surface area contributed by atoms with E-state index < -0.39 is 10.0 Å². The van der Waals surface area contributed by atoms with Crippen LogP contribution in [-0.2, 0) is 10.0 Å². The summed E-state index contributed by atoms with van der Waals surface area (Å²) in [5, 5.41) is 12.9. The first-order chi connectivity index (χ1) is 15.0. The summed E-state index contributed by atoms with van der Waals surface area (Å²) in [6.45, 7) is 0. The SMILES string of the molecule is COc1ccc(S(=O)(=O)Nc2ccc(-c3noc(-c4ccc(C#N)cc4)n3)cc2)cc1. The van der Waals surface area contributed by atoms with E-state index in [1.165, 1.54) is 19.2 Å². The maximum absolute atomic E-state index is 12.6. The third kappa shape index (κ3) is 4.39. The Labute approximate surface area is 178 Å². The van der Waals surface area contributed by atoms with Crippen LogP contribution in [0.25, 0.3) is 22.8 Å². The van der Waals surface area contributed by atoms with Gasteiger partial charge in [-0.05, 0) is 72.8 Å². The molecule has 0 aliphatic carbocycles. The number of nitriles is 1. The number of rotatable bonds is 6. The molecule has 0 saturated heterocycles. The van der Waals surface area contributed by atoms with E-state index >= 15 is 0 Å². The summed E-state index contributed by atoms with van der Waals surface area (Å²) in [6.07, 6.45) is 0. The zero-order valence-corrected chi connectivity index (χ0v) is 17.1. The smallest absolute Gasteiger partial charge is 0.261 e. The molecule has 8 nitrogen and oxygen atoms in total. The molecule has 0 atom stereocenters. The van der Waals surface area contributed by atoms with E-state index in [1.54, 1.807) is 60.7 Å². The predicted molar refractivity (Wildman–Crippen MR) is 114 cm³/mol. The Hall–Kier alpha value is -4.16. The molecule has 154 valence electrons. The van der Waals surface area contributed by atoms with E-state index in [2.05, 4.69) is 20.9 Å². The summed E-state index contributed by atoms with van der Waals surface area (Å²) >= 11 is 0. The summed E-state index contributed by atoms with van der Waals surface area (Å²) < 4.78 is 38.0. The van der Waals surface area contributed by atoms with E-state index in [9.17, 15) is 8.42 Å². The predicted octanol–water partition coefficient (Wildman–Crippen LogP) is 4.08. The lowest BCUT2D eigenvalue weighted by Gasteiger charge is -2.09. The number of nitrogens with one attached hydrogen (secondary N) is 1. The van der Waals surface area contributed by atoms with Crippen molar-refractivity contribution in [3.8, 4) is 34.7 Å². The van der Waals surface area contributed by atoms with Crippen molar-refractivity contribution in [1.29, 1.82) is 5.26 Å². The fourth-order valence-corrected chi connectivity index (χ4v) is 3.86. The van der Waals surface area contributed by atoms with Crippen LogP contribution >= 0.6 is 0 Å². The normalized spacial score (nSPS) is 11.0. The number of hydrogen-bond donors (Lipinski definition) is 1. The van der Waals surface area contributed by atoms with Crippen LogP contribution in [0.5, 0.6) is 5.75 Å². The average molecular weight is 432 g/mol. The lowest BCUT2D eigenvalue weighted by atomic mass is 10.1. The van der Waals surface area contributed by atoms with Crippen molar-refractivity contribution in [3.05, 3.63) is 78.4 Å². The third-order valence-electron chi connectivity index (χ3n) is 4.45. The number of methoxy groups -OCH3 is 1. The van der Waals surface area contributed by atoms with Gasteiger partial charge >= 0.3 is 0 Å². The van der Waals surface area contributed by atoms with E-state index in [1.807, 2.05) is 0 Å². The van der Waals surface area contributed by atoms with Gasteiger partial charge in [0.25, 0.3) is 15.9 Å². The summed E-state index contributed by atoms with van der Waals surface area (Å²) in [5.74, 6) is 1.26. The Morgan fingerprint density at radius 1 is 0.935 bits per heavy atom. The molecule has 0 aliphatic rings. The molecule has 31 heavy (non-hydrogen) atoms. The molecule has 1 N–H and O–H groups in total. The molecule has 0 radical (unpaired) electrons. The molecule has 0 aliphatic heterocycles. The fraction of sp³-hybridized carbons (Fsp3) is 0.0455. The van der Waals surface area contributed by atoms with Crippen LogP contribution in [0.2, 0.25) is 0 Å². The second kappa shape index (κ2) is 8.30. The zero-order chi connectivity index (χ0) is 21.8. The standard InChI is InChI=1S/C22H16N4O4S/c1-29-19-10-12-20(13-11-19)31(27,28)26-18-8-6-16(7-9-18)21-24-22(30-25-21)17-4-2-15(14-23)3-5-17/h2-13,26H,1H3. The summed E-state index contributed by atoms with van der Waals surface area (Å²) in [7, 11) is -2.22.